The molecule has 0 aromatic heterocycles. The summed E-state index contributed by atoms with van der Waals surface area (Å²) in [4.78, 5) is 2.15. The van der Waals surface area contributed by atoms with Crippen LogP contribution in [0.1, 0.15) is 20.3 Å². The summed E-state index contributed by atoms with van der Waals surface area (Å²) in [6.45, 7) is 6.67. The molecule has 0 radical (unpaired) electrons. The Labute approximate surface area is 97.0 Å². The normalized spacial score (nSPS) is 20.5. The molecule has 1 rings (SSSR count). The third-order valence-electron chi connectivity index (χ3n) is 1.98. The van der Waals surface area contributed by atoms with Gasteiger partial charge in [-0.2, -0.15) is 0 Å². The van der Waals surface area contributed by atoms with Crippen LogP contribution < -0.4 is 11.1 Å². The van der Waals surface area contributed by atoms with Crippen LogP contribution in [0.25, 0.3) is 0 Å². The number of halogens is 1. The molecule has 0 aromatic carbocycles. The van der Waals surface area contributed by atoms with Crippen molar-refractivity contribution < 1.29 is 0 Å². The Morgan fingerprint density at radius 2 is 2.13 bits per heavy atom. The fourth-order valence-corrected chi connectivity index (χ4v) is 1.43. The third-order valence-corrected chi connectivity index (χ3v) is 2.42. The average Bonchev–Trinajstić information content (AvgIpc) is 2.44. The molecule has 0 bridgehead atoms. The zero-order valence-electron chi connectivity index (χ0n) is 9.73. The quantitative estimate of drug-likeness (QED) is 0.472. The second-order valence-electron chi connectivity index (χ2n) is 3.22. The second kappa shape index (κ2) is 7.54. The summed E-state index contributed by atoms with van der Waals surface area (Å²) in [7, 11) is 2.03. The number of likely N-dealkylation sites (N-methyl/N-ethyl adjacent to an activating group) is 1. The maximum absolute atomic E-state index is 7.20. The molecule has 0 spiro atoms. The molecule has 1 aliphatic rings. The van der Waals surface area contributed by atoms with E-state index in [9.17, 15) is 0 Å². The molecule has 0 aliphatic carbocycles. The fraction of sp³-hybridized carbons (Fsp3) is 0.700. The van der Waals surface area contributed by atoms with Gasteiger partial charge in [0.2, 0.25) is 0 Å². The van der Waals surface area contributed by atoms with Gasteiger partial charge in [0.1, 0.15) is 10.9 Å². The van der Waals surface area contributed by atoms with Gasteiger partial charge in [-0.3, -0.25) is 5.41 Å². The van der Waals surface area contributed by atoms with Gasteiger partial charge in [-0.15, -0.1) is 0 Å². The molecule has 15 heavy (non-hydrogen) atoms. The van der Waals surface area contributed by atoms with Crippen LogP contribution in [0.2, 0.25) is 0 Å². The molecule has 5 heteroatoms. The van der Waals surface area contributed by atoms with E-state index in [-0.39, 0.29) is 5.84 Å². The number of nitrogens with two attached hydrogens (primary N) is 1. The van der Waals surface area contributed by atoms with Crippen molar-refractivity contribution in [3.8, 4) is 0 Å². The van der Waals surface area contributed by atoms with Crippen molar-refractivity contribution in [1.29, 1.82) is 5.41 Å². The van der Waals surface area contributed by atoms with Gasteiger partial charge < -0.3 is 16.0 Å². The highest BCUT2D eigenvalue weighted by Crippen LogP contribution is 2.10. The molecular weight excluding hydrogens is 212 g/mol. The first-order valence-corrected chi connectivity index (χ1v) is 5.64. The molecule has 1 saturated heterocycles. The maximum atomic E-state index is 7.20. The van der Waals surface area contributed by atoms with E-state index < -0.39 is 0 Å². The van der Waals surface area contributed by atoms with E-state index in [1.807, 2.05) is 20.9 Å². The Morgan fingerprint density at radius 1 is 1.53 bits per heavy atom. The van der Waals surface area contributed by atoms with E-state index in [0.29, 0.717) is 5.03 Å². The monoisotopic (exact) mass is 232 g/mol. The Morgan fingerprint density at radius 3 is 2.67 bits per heavy atom. The lowest BCUT2D eigenvalue weighted by Gasteiger charge is -2.14. The standard InChI is InChI=1S/C8H15ClN4.C2H6/c1-13-4-2-3-12-6(5-13)7(9)8(10)11;1-2/h12H,2-5H2,1H3,(H3,10,11);1-2H3/b7-6+;. The predicted molar refractivity (Wildman–Crippen MR) is 66.3 cm³/mol. The molecule has 1 heterocycles. The second-order valence-corrected chi connectivity index (χ2v) is 3.60. The summed E-state index contributed by atoms with van der Waals surface area (Å²) in [6.07, 6.45) is 1.09. The minimum absolute atomic E-state index is 0.0699. The highest BCUT2D eigenvalue weighted by atomic mass is 35.5. The zero-order chi connectivity index (χ0) is 11.8. The molecule has 88 valence electrons. The molecule has 1 aliphatic heterocycles. The summed E-state index contributed by atoms with van der Waals surface area (Å²) in [5.74, 6) is -0.0699. The van der Waals surface area contributed by atoms with Gasteiger partial charge in [0.05, 0.1) is 0 Å². The van der Waals surface area contributed by atoms with Crippen molar-refractivity contribution in [3.05, 3.63) is 10.7 Å². The van der Waals surface area contributed by atoms with E-state index in [1.165, 1.54) is 0 Å². The zero-order valence-corrected chi connectivity index (χ0v) is 10.5. The van der Waals surface area contributed by atoms with Crippen molar-refractivity contribution in [2.45, 2.75) is 20.3 Å². The minimum atomic E-state index is -0.0699. The average molecular weight is 233 g/mol. The SMILES string of the molecule is CC.CN1CCCN/C(=C(/Cl)C(=N)N)C1. The maximum Gasteiger partial charge on any atom is 0.136 e. The number of hydrogen-bond acceptors (Lipinski definition) is 3. The summed E-state index contributed by atoms with van der Waals surface area (Å²) >= 11 is 5.87. The van der Waals surface area contributed by atoms with Crippen LogP contribution in [0, 0.1) is 5.41 Å². The fourth-order valence-electron chi connectivity index (χ4n) is 1.30. The Balaban J connectivity index is 0.000000921. The number of nitrogens with zero attached hydrogens (tertiary/aromatic N) is 1. The number of hydrogen-bond donors (Lipinski definition) is 3. The van der Waals surface area contributed by atoms with Gasteiger partial charge >= 0.3 is 0 Å². The van der Waals surface area contributed by atoms with E-state index in [1.54, 1.807) is 0 Å². The lowest BCUT2D eigenvalue weighted by atomic mass is 10.3. The number of rotatable bonds is 1. The minimum Gasteiger partial charge on any atom is -0.386 e. The van der Waals surface area contributed by atoms with Crippen LogP contribution in [0.4, 0.5) is 0 Å². The topological polar surface area (TPSA) is 65.1 Å². The Hall–Kier alpha value is -0.740. The van der Waals surface area contributed by atoms with E-state index in [2.05, 4.69) is 10.2 Å². The van der Waals surface area contributed by atoms with Crippen molar-refractivity contribution in [2.75, 3.05) is 26.7 Å². The predicted octanol–water partition coefficient (Wildman–Crippen LogP) is 1.32. The first-order chi connectivity index (χ1) is 7.11. The van der Waals surface area contributed by atoms with Crippen molar-refractivity contribution in [3.63, 3.8) is 0 Å². The largest absolute Gasteiger partial charge is 0.386 e. The molecule has 4 nitrogen and oxygen atoms in total. The lowest BCUT2D eigenvalue weighted by Crippen LogP contribution is -2.26. The van der Waals surface area contributed by atoms with E-state index in [4.69, 9.17) is 22.7 Å². The molecule has 1 fully saturated rings. The number of amidine groups is 1. The summed E-state index contributed by atoms with van der Waals surface area (Å²) in [6, 6.07) is 0. The molecule has 0 unspecified atom stereocenters. The first-order valence-electron chi connectivity index (χ1n) is 5.26. The van der Waals surface area contributed by atoms with Gasteiger partial charge in [0.25, 0.3) is 0 Å². The molecule has 0 amide bonds. The van der Waals surface area contributed by atoms with Gasteiger partial charge in [0.15, 0.2) is 0 Å². The van der Waals surface area contributed by atoms with Crippen LogP contribution in [-0.4, -0.2) is 37.4 Å². The van der Waals surface area contributed by atoms with Crippen LogP contribution >= 0.6 is 11.6 Å². The lowest BCUT2D eigenvalue weighted by molar-refractivity contribution is 0.373. The first kappa shape index (κ1) is 14.3. The number of nitrogens with one attached hydrogen (secondary N) is 2. The van der Waals surface area contributed by atoms with Gasteiger partial charge in [0, 0.05) is 18.8 Å². The van der Waals surface area contributed by atoms with Crippen molar-refractivity contribution >= 4 is 17.4 Å². The summed E-state index contributed by atoms with van der Waals surface area (Å²) in [5.41, 5.74) is 6.15. The van der Waals surface area contributed by atoms with E-state index >= 15 is 0 Å². The molecule has 0 saturated carbocycles. The highest BCUT2D eigenvalue weighted by Gasteiger charge is 2.12. The van der Waals surface area contributed by atoms with Crippen LogP contribution in [0.15, 0.2) is 10.7 Å². The van der Waals surface area contributed by atoms with Gasteiger partial charge in [-0.1, -0.05) is 25.4 Å². The van der Waals surface area contributed by atoms with Crippen LogP contribution in [0.3, 0.4) is 0 Å². The third kappa shape index (κ3) is 5.04. The summed E-state index contributed by atoms with van der Waals surface area (Å²) < 4.78 is 0. The Kier molecular flexibility index (Phi) is 7.17. The highest BCUT2D eigenvalue weighted by molar-refractivity contribution is 6.42. The van der Waals surface area contributed by atoms with Crippen LogP contribution in [-0.2, 0) is 0 Å². The molecule has 4 N–H and O–H groups in total. The van der Waals surface area contributed by atoms with Crippen molar-refractivity contribution in [2.24, 2.45) is 5.73 Å². The Bertz CT molecular complexity index is 238. The van der Waals surface area contributed by atoms with Crippen LogP contribution in [0.5, 0.6) is 0 Å². The molecule has 0 aromatic rings. The molecular formula is C10H21ClN4. The molecule has 0 atom stereocenters. The van der Waals surface area contributed by atoms with E-state index in [0.717, 1.165) is 31.8 Å². The summed E-state index contributed by atoms with van der Waals surface area (Å²) in [5, 5.41) is 10.7. The van der Waals surface area contributed by atoms with Crippen molar-refractivity contribution in [1.82, 2.24) is 10.2 Å². The van der Waals surface area contributed by atoms with Gasteiger partial charge in [-0.05, 0) is 20.0 Å². The van der Waals surface area contributed by atoms with Gasteiger partial charge in [-0.25, -0.2) is 0 Å². The smallest absolute Gasteiger partial charge is 0.136 e.